The number of esters is 2. The third-order valence-electron chi connectivity index (χ3n) is 7.59. The Bertz CT molecular complexity index is 1730. The van der Waals surface area contributed by atoms with Crippen LogP contribution in [0, 0.1) is 6.92 Å². The van der Waals surface area contributed by atoms with Gasteiger partial charge >= 0.3 is 18.1 Å². The van der Waals surface area contributed by atoms with Gasteiger partial charge in [-0.1, -0.05) is 31.9 Å². The molecule has 0 saturated carbocycles. The summed E-state index contributed by atoms with van der Waals surface area (Å²) in [4.78, 5) is 59.3. The standard InChI is InChI=1S/C33H35F3N4O6/c1-4-22(41)11-6-5-7-12-27(39-29(42)17-24-19(2)38-26-14-13-23(45-3)16-25(24)26)30-37-18-28(40-30)20-9-8-10-21(15-20)31(43)46-32(44)33(34,35)36/h8-10,13-16,18,27,38H,4-7,11-12,17H2,1-3H3,(H,37,40)(H,39,42)/t27-/m0/s1. The molecule has 2 aromatic carbocycles. The number of aromatic amines is 2. The molecule has 0 radical (unpaired) electrons. The van der Waals surface area contributed by atoms with Crippen molar-refractivity contribution < 1.29 is 41.8 Å². The molecule has 0 spiro atoms. The van der Waals surface area contributed by atoms with Gasteiger partial charge in [-0.25, -0.2) is 14.6 Å². The number of aromatic nitrogens is 3. The zero-order valence-corrected chi connectivity index (χ0v) is 25.7. The molecule has 0 aliphatic heterocycles. The third-order valence-corrected chi connectivity index (χ3v) is 7.59. The molecule has 46 heavy (non-hydrogen) atoms. The first-order valence-corrected chi connectivity index (χ1v) is 14.8. The van der Waals surface area contributed by atoms with Crippen LogP contribution in [0.5, 0.6) is 5.75 Å². The van der Waals surface area contributed by atoms with Gasteiger partial charge in [0.1, 0.15) is 17.4 Å². The van der Waals surface area contributed by atoms with Gasteiger partial charge in [-0.3, -0.25) is 9.59 Å². The Labute approximate surface area is 263 Å². The summed E-state index contributed by atoms with van der Waals surface area (Å²) in [7, 11) is 1.57. The van der Waals surface area contributed by atoms with Crippen molar-refractivity contribution in [1.29, 1.82) is 0 Å². The Kier molecular flexibility index (Phi) is 11.0. The summed E-state index contributed by atoms with van der Waals surface area (Å²) in [6.07, 6.45) is -0.0251. The number of halogens is 3. The van der Waals surface area contributed by atoms with Gasteiger partial charge in [0.05, 0.1) is 37.0 Å². The number of ether oxygens (including phenoxy) is 2. The highest BCUT2D eigenvalue weighted by molar-refractivity contribution is 5.99. The number of benzene rings is 2. The first-order valence-electron chi connectivity index (χ1n) is 14.8. The van der Waals surface area contributed by atoms with Gasteiger partial charge in [0.2, 0.25) is 5.91 Å². The second-order valence-corrected chi connectivity index (χ2v) is 10.9. The Hall–Kier alpha value is -4.94. The fourth-order valence-electron chi connectivity index (χ4n) is 5.10. The summed E-state index contributed by atoms with van der Waals surface area (Å²) in [5.74, 6) is -2.99. The number of hydrogen-bond acceptors (Lipinski definition) is 7. The molecule has 0 aliphatic rings. The van der Waals surface area contributed by atoms with Crippen LogP contribution in [0.2, 0.25) is 0 Å². The number of methoxy groups -OCH3 is 1. The lowest BCUT2D eigenvalue weighted by atomic mass is 10.0. The molecule has 4 rings (SSSR count). The minimum Gasteiger partial charge on any atom is -0.497 e. The molecule has 0 fully saturated rings. The number of nitrogens with one attached hydrogen (secondary N) is 3. The maximum atomic E-state index is 13.4. The number of hydrogen-bond donors (Lipinski definition) is 3. The lowest BCUT2D eigenvalue weighted by molar-refractivity contribution is -0.193. The van der Waals surface area contributed by atoms with Crippen LogP contribution in [0.25, 0.3) is 22.2 Å². The van der Waals surface area contributed by atoms with E-state index in [1.165, 1.54) is 24.4 Å². The number of carbonyl (C=O) groups excluding carboxylic acids is 4. The molecule has 2 aromatic heterocycles. The smallest absolute Gasteiger partial charge is 0.491 e. The van der Waals surface area contributed by atoms with E-state index in [0.29, 0.717) is 48.5 Å². The largest absolute Gasteiger partial charge is 0.497 e. The first-order chi connectivity index (χ1) is 21.9. The van der Waals surface area contributed by atoms with Crippen molar-refractivity contribution in [1.82, 2.24) is 20.3 Å². The van der Waals surface area contributed by atoms with Crippen LogP contribution in [0.3, 0.4) is 0 Å². The normalized spacial score (nSPS) is 12.1. The quantitative estimate of drug-likeness (QED) is 0.0817. The second-order valence-electron chi connectivity index (χ2n) is 10.9. The van der Waals surface area contributed by atoms with Gasteiger partial charge in [0, 0.05) is 35.0 Å². The van der Waals surface area contributed by atoms with Gasteiger partial charge in [-0.15, -0.1) is 0 Å². The highest BCUT2D eigenvalue weighted by atomic mass is 19.4. The van der Waals surface area contributed by atoms with E-state index < -0.39 is 24.2 Å². The topological polar surface area (TPSA) is 143 Å². The van der Waals surface area contributed by atoms with E-state index in [4.69, 9.17) is 4.74 Å². The van der Waals surface area contributed by atoms with Crippen molar-refractivity contribution in [3.8, 4) is 17.0 Å². The van der Waals surface area contributed by atoms with Gasteiger partial charge in [-0.2, -0.15) is 13.2 Å². The number of ketones is 1. The number of rotatable bonds is 14. The highest BCUT2D eigenvalue weighted by Gasteiger charge is 2.42. The van der Waals surface area contributed by atoms with E-state index in [1.54, 1.807) is 13.2 Å². The van der Waals surface area contributed by atoms with Crippen molar-refractivity contribution >= 4 is 34.5 Å². The molecule has 13 heteroatoms. The summed E-state index contributed by atoms with van der Waals surface area (Å²) in [6, 6.07) is 10.6. The minimum absolute atomic E-state index is 0.0921. The number of alkyl halides is 3. The first kappa shape index (κ1) is 33.9. The average Bonchev–Trinajstić information content (AvgIpc) is 3.64. The number of nitrogens with zero attached hydrogens (tertiary/aromatic N) is 1. The van der Waals surface area contributed by atoms with Crippen LogP contribution >= 0.6 is 0 Å². The van der Waals surface area contributed by atoms with Crippen LogP contribution in [0.4, 0.5) is 13.2 Å². The van der Waals surface area contributed by atoms with E-state index in [9.17, 15) is 32.3 Å². The van der Waals surface area contributed by atoms with E-state index in [0.717, 1.165) is 35.0 Å². The number of imidazole rings is 1. The predicted molar refractivity (Wildman–Crippen MR) is 163 cm³/mol. The summed E-state index contributed by atoms with van der Waals surface area (Å²) in [6.45, 7) is 3.72. The number of amides is 1. The lowest BCUT2D eigenvalue weighted by Crippen LogP contribution is -2.30. The van der Waals surface area contributed by atoms with Crippen molar-refractivity contribution in [3.05, 3.63) is 71.3 Å². The van der Waals surface area contributed by atoms with Crippen LogP contribution in [0.15, 0.2) is 48.7 Å². The van der Waals surface area contributed by atoms with Crippen LogP contribution in [-0.2, 0) is 25.5 Å². The molecular formula is C33H35F3N4O6. The maximum Gasteiger partial charge on any atom is 0.491 e. The molecule has 2 heterocycles. The fraction of sp³-hybridized carbons (Fsp3) is 0.364. The number of Topliss-reactive ketones (excluding diaryl/α,β-unsaturated/α-hetero) is 1. The molecule has 0 saturated heterocycles. The molecule has 10 nitrogen and oxygen atoms in total. The molecule has 4 aromatic rings. The summed E-state index contributed by atoms with van der Waals surface area (Å²) < 4.78 is 47.0. The van der Waals surface area contributed by atoms with Gasteiger partial charge in [-0.05, 0) is 55.7 Å². The van der Waals surface area contributed by atoms with Crippen molar-refractivity contribution in [2.75, 3.05) is 7.11 Å². The third kappa shape index (κ3) is 8.61. The Balaban J connectivity index is 1.52. The molecule has 1 atom stereocenters. The van der Waals surface area contributed by atoms with E-state index >= 15 is 0 Å². The van der Waals surface area contributed by atoms with Gasteiger partial charge in [0.25, 0.3) is 0 Å². The average molecular weight is 641 g/mol. The second kappa shape index (κ2) is 14.9. The molecule has 244 valence electrons. The van der Waals surface area contributed by atoms with Gasteiger partial charge in [0.15, 0.2) is 0 Å². The molecule has 1 amide bonds. The Morgan fingerprint density at radius 1 is 1.02 bits per heavy atom. The van der Waals surface area contributed by atoms with E-state index in [1.807, 2.05) is 32.0 Å². The lowest BCUT2D eigenvalue weighted by Gasteiger charge is -2.17. The molecule has 0 aliphatic carbocycles. The monoisotopic (exact) mass is 640 g/mol. The Morgan fingerprint density at radius 3 is 2.52 bits per heavy atom. The van der Waals surface area contributed by atoms with Crippen LogP contribution < -0.4 is 10.1 Å². The van der Waals surface area contributed by atoms with Crippen molar-refractivity contribution in [3.63, 3.8) is 0 Å². The summed E-state index contributed by atoms with van der Waals surface area (Å²) in [5, 5.41) is 3.94. The predicted octanol–water partition coefficient (Wildman–Crippen LogP) is 6.45. The zero-order chi connectivity index (χ0) is 33.4. The SMILES string of the molecule is CCC(=O)CCCCC[C@H](NC(=O)Cc1c(C)[nH]c2ccc(OC)cc12)c1ncc(-c2cccc(C(=O)OC(=O)C(F)(F)F)c2)[nH]1. The summed E-state index contributed by atoms with van der Waals surface area (Å²) in [5.41, 5.74) is 3.13. The molecule has 0 unspecified atom stereocenters. The van der Waals surface area contributed by atoms with E-state index in [-0.39, 0.29) is 23.7 Å². The highest BCUT2D eigenvalue weighted by Crippen LogP contribution is 2.28. The molecule has 3 N–H and O–H groups in total. The van der Waals surface area contributed by atoms with Crippen molar-refractivity contribution in [2.45, 2.75) is 71.0 Å². The van der Waals surface area contributed by atoms with Crippen LogP contribution in [-0.4, -0.2) is 51.9 Å². The summed E-state index contributed by atoms with van der Waals surface area (Å²) >= 11 is 0. The van der Waals surface area contributed by atoms with Crippen molar-refractivity contribution in [2.24, 2.45) is 0 Å². The number of fused-ring (bicyclic) bond motifs is 1. The van der Waals surface area contributed by atoms with E-state index in [2.05, 4.69) is 25.0 Å². The maximum absolute atomic E-state index is 13.4. The minimum atomic E-state index is -5.31. The number of H-pyrrole nitrogens is 2. The zero-order valence-electron chi connectivity index (χ0n) is 25.7. The van der Waals surface area contributed by atoms with Gasteiger partial charge < -0.3 is 24.8 Å². The fourth-order valence-corrected chi connectivity index (χ4v) is 5.10. The van der Waals surface area contributed by atoms with Crippen LogP contribution in [0.1, 0.15) is 78.9 Å². The number of carbonyl (C=O) groups is 4. The Morgan fingerprint density at radius 2 is 1.80 bits per heavy atom. The molecular weight excluding hydrogens is 605 g/mol. The number of aryl methyl sites for hydroxylation is 1. The number of unbranched alkanes of at least 4 members (excludes halogenated alkanes) is 2. The molecule has 0 bridgehead atoms.